The van der Waals surface area contributed by atoms with Crippen LogP contribution in [0.5, 0.6) is 0 Å². The Morgan fingerprint density at radius 2 is 2.00 bits per heavy atom. The van der Waals surface area contributed by atoms with Crippen LogP contribution in [0.15, 0.2) is 0 Å². The molecule has 0 bridgehead atoms. The first-order valence-corrected chi connectivity index (χ1v) is 2.50. The van der Waals surface area contributed by atoms with Gasteiger partial charge in [-0.05, 0) is 0 Å². The van der Waals surface area contributed by atoms with E-state index in [0.29, 0.717) is 0 Å². The average Bonchev–Trinajstić information content (AvgIpc) is 1.38. The molecule has 0 aliphatic rings. The Bertz CT molecular complexity index is 62.6. The predicted molar refractivity (Wildman–Crippen MR) is 18.3 cm³/mol. The summed E-state index contributed by atoms with van der Waals surface area (Å²) in [7, 11) is 0. The molecule has 0 aliphatic carbocycles. The van der Waals surface area contributed by atoms with Crippen molar-refractivity contribution in [3.63, 3.8) is 0 Å². The average molecular weight is 108 g/mol. The van der Waals surface area contributed by atoms with E-state index >= 15 is 0 Å². The molecule has 0 aromatic rings. The molecular weight excluding hydrogens is 106 g/mol. The number of carbonyl (C=O) groups excluding carboxylic acids is 1. The van der Waals surface area contributed by atoms with Gasteiger partial charge in [0.15, 0.2) is 0 Å². The number of hydrogen-bond donors (Lipinski definition) is 0. The van der Waals surface area contributed by atoms with Gasteiger partial charge in [0.25, 0.3) is 0 Å². The van der Waals surface area contributed by atoms with E-state index < -0.39 is 19.6 Å². The molecule has 0 N–H and O–H groups in total. The molecule has 0 amide bonds. The van der Waals surface area contributed by atoms with Crippen LogP contribution in [0.1, 0.15) is 0 Å². The monoisotopic (exact) mass is 108 g/mol. The van der Waals surface area contributed by atoms with Crippen LogP contribution in [0.3, 0.4) is 0 Å². The normalized spacial score (nSPS) is 4.67. The van der Waals surface area contributed by atoms with Crippen molar-refractivity contribution >= 4 is 25.0 Å². The second-order valence-corrected chi connectivity index (χ2v) is 1.40. The van der Waals surface area contributed by atoms with E-state index in [1.165, 1.54) is 0 Å². The summed E-state index contributed by atoms with van der Waals surface area (Å²) >= 11 is -0.713. The van der Waals surface area contributed by atoms with Crippen molar-refractivity contribution < 1.29 is 39.5 Å². The second-order valence-electron chi connectivity index (χ2n) is 0.523. The van der Waals surface area contributed by atoms with E-state index in [1.807, 2.05) is 0 Å². The Kier molecular flexibility index (Phi) is 9.77. The summed E-state index contributed by atoms with van der Waals surface area (Å²) in [6.07, 6.45) is 0. The summed E-state index contributed by atoms with van der Waals surface area (Å²) in [6.45, 7) is 0. The van der Waals surface area contributed by atoms with E-state index in [-0.39, 0.29) is 29.6 Å². The van der Waals surface area contributed by atoms with Gasteiger partial charge in [0, 0.05) is 0 Å². The maximum Gasteiger partial charge on any atom is 1.00 e. The van der Waals surface area contributed by atoms with Crippen LogP contribution in [-0.4, -0.2) is 25.0 Å². The third-order valence-corrected chi connectivity index (χ3v) is 0.500. The molecule has 0 fully saturated rings. The Hall–Kier alpha value is 0.872. The third-order valence-electron chi connectivity index (χ3n) is 0.167. The molecule has 0 aromatic heterocycles. The molecule has 0 saturated carbocycles. The van der Waals surface area contributed by atoms with Crippen LogP contribution in [0.4, 0.5) is 4.79 Å². The van der Waals surface area contributed by atoms with Gasteiger partial charge in [0.2, 0.25) is 0 Å². The van der Waals surface area contributed by atoms with Crippen molar-refractivity contribution in [2.24, 2.45) is 0 Å². The molecule has 0 aromatic carbocycles. The molecule has 0 radical (unpaired) electrons. The zero-order chi connectivity index (χ0) is 4.28. The van der Waals surface area contributed by atoms with Crippen LogP contribution in [-0.2, 0) is 0 Å². The quantitative estimate of drug-likeness (QED) is 0.317. The summed E-state index contributed by atoms with van der Waals surface area (Å²) in [5, 5.41) is 12.3. The molecule has 0 unspecified atom stereocenters. The zero-order valence-corrected chi connectivity index (χ0v) is 6.76. The fourth-order valence-corrected chi connectivity index (χ4v) is 0. The van der Waals surface area contributed by atoms with Crippen LogP contribution >= 0.6 is 0 Å². The SMILES string of the molecule is [CH2]=[Al][C](=O)[O-].[Na+]. The van der Waals surface area contributed by atoms with Gasteiger partial charge in [-0.25, -0.2) is 0 Å². The van der Waals surface area contributed by atoms with E-state index in [4.69, 9.17) is 0 Å². The number of rotatable bonds is 1. The number of hydrogen-bond acceptors (Lipinski definition) is 2. The summed E-state index contributed by atoms with van der Waals surface area (Å²) in [5.74, 6) is 0. The molecule has 26 valence electrons. The van der Waals surface area contributed by atoms with Gasteiger partial charge in [-0.3, -0.25) is 0 Å². The van der Waals surface area contributed by atoms with Gasteiger partial charge in [0.1, 0.15) is 0 Å². The molecular formula is C2H2AlNaO2. The zero-order valence-electron chi connectivity index (χ0n) is 3.60. The molecule has 6 heavy (non-hydrogen) atoms. The molecule has 0 saturated heterocycles. The van der Waals surface area contributed by atoms with Crippen LogP contribution in [0, 0.1) is 0 Å². The molecule has 4 heteroatoms. The van der Waals surface area contributed by atoms with Gasteiger partial charge in [0.05, 0.1) is 0 Å². The van der Waals surface area contributed by atoms with Crippen molar-refractivity contribution in [1.82, 2.24) is 0 Å². The van der Waals surface area contributed by atoms with E-state index in [9.17, 15) is 9.90 Å². The van der Waals surface area contributed by atoms with Crippen molar-refractivity contribution in [1.29, 1.82) is 0 Å². The van der Waals surface area contributed by atoms with Gasteiger partial charge in [-0.15, -0.1) is 0 Å². The van der Waals surface area contributed by atoms with E-state index in [2.05, 4.69) is 5.39 Å². The maximum absolute atomic E-state index is 9.23. The first-order valence-electron chi connectivity index (χ1n) is 1.11. The minimum Gasteiger partial charge on any atom is 1.00 e. The van der Waals surface area contributed by atoms with Gasteiger partial charge in [-0.1, -0.05) is 0 Å². The molecule has 0 heterocycles. The fraction of sp³-hybridized carbons (Fsp3) is 0. The standard InChI is InChI=1S/CO2.CH2.Al.Na/c2-1-3;;;/h;1H2;;/q-1;;;+1. The summed E-state index contributed by atoms with van der Waals surface area (Å²) < 4.78 is 0. The molecule has 0 rings (SSSR count). The van der Waals surface area contributed by atoms with E-state index in [0.717, 1.165) is 0 Å². The van der Waals surface area contributed by atoms with Gasteiger partial charge < -0.3 is 0 Å². The van der Waals surface area contributed by atoms with Crippen LogP contribution < -0.4 is 34.7 Å². The Morgan fingerprint density at radius 3 is 2.00 bits per heavy atom. The Labute approximate surface area is 64.1 Å². The number of carbonyl (C=O) groups is 1. The molecule has 0 atom stereocenters. The minimum atomic E-state index is -1.02. The van der Waals surface area contributed by atoms with Crippen LogP contribution in [0.25, 0.3) is 0 Å². The van der Waals surface area contributed by atoms with Gasteiger partial charge >= 0.3 is 64.5 Å². The largest absolute Gasteiger partial charge is 1.00 e. The smallest absolute Gasteiger partial charge is 1.00 e. The van der Waals surface area contributed by atoms with Crippen LogP contribution in [0.2, 0.25) is 0 Å². The minimum absolute atomic E-state index is 0. The Balaban J connectivity index is 0. The van der Waals surface area contributed by atoms with Crippen molar-refractivity contribution in [2.75, 3.05) is 0 Å². The van der Waals surface area contributed by atoms with Crippen molar-refractivity contribution in [2.45, 2.75) is 0 Å². The second kappa shape index (κ2) is 5.87. The van der Waals surface area contributed by atoms with Crippen molar-refractivity contribution in [3.05, 3.63) is 0 Å². The molecule has 0 aliphatic heterocycles. The first kappa shape index (κ1) is 9.98. The fourth-order valence-electron chi connectivity index (χ4n) is 0. The third kappa shape index (κ3) is 8.86. The van der Waals surface area contributed by atoms with E-state index in [1.54, 1.807) is 0 Å². The maximum atomic E-state index is 9.23. The first-order chi connectivity index (χ1) is 2.27. The summed E-state index contributed by atoms with van der Waals surface area (Å²) in [6, 6.07) is 0. The number of carboxylic acid groups (broad SMARTS) is 1. The molecule has 0 spiro atoms. The van der Waals surface area contributed by atoms with Crippen molar-refractivity contribution in [3.8, 4) is 0 Å². The Morgan fingerprint density at radius 1 is 1.83 bits per heavy atom. The topological polar surface area (TPSA) is 40.1 Å². The summed E-state index contributed by atoms with van der Waals surface area (Å²) in [5.41, 5.74) is 0. The predicted octanol–water partition coefficient (Wildman–Crippen LogP) is -4.53. The summed E-state index contributed by atoms with van der Waals surface area (Å²) in [4.78, 5) is 8.21. The van der Waals surface area contributed by atoms with Gasteiger partial charge in [-0.2, -0.15) is 0 Å². The molecule has 2 nitrogen and oxygen atoms in total.